The number of furan rings is 1. The van der Waals surface area contributed by atoms with Gasteiger partial charge in [-0.25, -0.2) is 13.2 Å². The minimum atomic E-state index is -2.41. The molecule has 0 saturated heterocycles. The van der Waals surface area contributed by atoms with Crippen LogP contribution in [-0.4, -0.2) is 16.3 Å². The second-order valence-electron chi connectivity index (χ2n) is 9.59. The van der Waals surface area contributed by atoms with Crippen LogP contribution in [0.15, 0.2) is 33.6 Å². The van der Waals surface area contributed by atoms with E-state index in [1.54, 1.807) is 11.5 Å². The number of para-hydroxylation sites is 1. The molecular formula is C30H42F3NO3. The molecule has 1 aromatic carbocycles. The summed E-state index contributed by atoms with van der Waals surface area (Å²) in [6.07, 6.45) is 2.68. The van der Waals surface area contributed by atoms with Crippen molar-refractivity contribution in [3.63, 3.8) is 0 Å². The first kappa shape index (κ1) is 32.2. The number of pyridine rings is 1. The van der Waals surface area contributed by atoms with Crippen LogP contribution in [0.3, 0.4) is 0 Å². The Morgan fingerprint density at radius 1 is 1.16 bits per heavy atom. The van der Waals surface area contributed by atoms with Crippen molar-refractivity contribution >= 4 is 16.8 Å². The smallest absolute Gasteiger partial charge is 0.247 e. The lowest BCUT2D eigenvalue weighted by atomic mass is 9.99. The second-order valence-corrected chi connectivity index (χ2v) is 9.59. The van der Waals surface area contributed by atoms with E-state index in [0.717, 1.165) is 22.4 Å². The van der Waals surface area contributed by atoms with Gasteiger partial charge in [-0.1, -0.05) is 73.1 Å². The minimum absolute atomic E-state index is 0.0269. The zero-order chi connectivity index (χ0) is 28.5. The van der Waals surface area contributed by atoms with E-state index in [2.05, 4.69) is 20.8 Å². The van der Waals surface area contributed by atoms with Crippen molar-refractivity contribution < 1.29 is 22.4 Å². The number of halogens is 3. The number of carbonyl (C=O) groups is 1. The van der Waals surface area contributed by atoms with E-state index in [1.165, 1.54) is 20.0 Å². The maximum absolute atomic E-state index is 14.7. The highest BCUT2D eigenvalue weighted by Gasteiger charge is 2.29. The highest BCUT2D eigenvalue weighted by molar-refractivity contribution is 5.94. The van der Waals surface area contributed by atoms with Crippen molar-refractivity contribution in [2.24, 2.45) is 5.92 Å². The fraction of sp³-hybridized carbons (Fsp3) is 0.533. The topological polar surface area (TPSA) is 52.2 Å². The lowest BCUT2D eigenvalue weighted by Gasteiger charge is -2.19. The maximum Gasteiger partial charge on any atom is 0.247 e. The molecule has 0 saturated carbocycles. The number of benzene rings is 1. The van der Waals surface area contributed by atoms with Crippen LogP contribution in [-0.2, 0) is 13.0 Å². The van der Waals surface area contributed by atoms with Crippen LogP contribution in [0.1, 0.15) is 96.1 Å². The first-order valence-corrected chi connectivity index (χ1v) is 13.2. The Kier molecular flexibility index (Phi) is 12.4. The van der Waals surface area contributed by atoms with Crippen LogP contribution in [0.2, 0.25) is 0 Å². The average molecular weight is 522 g/mol. The monoisotopic (exact) mass is 521 g/mol. The van der Waals surface area contributed by atoms with Crippen LogP contribution in [0, 0.1) is 18.7 Å². The highest BCUT2D eigenvalue weighted by Crippen LogP contribution is 2.39. The fourth-order valence-electron chi connectivity index (χ4n) is 3.81. The van der Waals surface area contributed by atoms with Gasteiger partial charge in [0.2, 0.25) is 11.4 Å². The summed E-state index contributed by atoms with van der Waals surface area (Å²) in [6.45, 7) is 17.5. The molecule has 0 unspecified atom stereocenters. The summed E-state index contributed by atoms with van der Waals surface area (Å²) in [5, 5.41) is 0.953. The molecule has 4 nitrogen and oxygen atoms in total. The van der Waals surface area contributed by atoms with Crippen molar-refractivity contribution in [2.75, 3.05) is 0 Å². The summed E-state index contributed by atoms with van der Waals surface area (Å²) < 4.78 is 46.5. The number of hydrogen-bond acceptors (Lipinski definition) is 3. The van der Waals surface area contributed by atoms with Crippen LogP contribution in [0.25, 0.3) is 22.4 Å². The first-order chi connectivity index (χ1) is 17.3. The summed E-state index contributed by atoms with van der Waals surface area (Å²) in [7, 11) is 0. The van der Waals surface area contributed by atoms with E-state index in [0.29, 0.717) is 30.7 Å². The maximum atomic E-state index is 14.7. The van der Waals surface area contributed by atoms with Gasteiger partial charge in [0.15, 0.2) is 17.4 Å². The number of Topliss-reactive ketones (excluding diaryl/α,β-unsaturated/α-hetero) is 1. The predicted molar refractivity (Wildman–Crippen MR) is 146 cm³/mol. The molecule has 4 rings (SSSR count). The van der Waals surface area contributed by atoms with Crippen LogP contribution in [0.4, 0.5) is 13.2 Å². The Hall–Kier alpha value is -2.83. The molecule has 0 amide bonds. The van der Waals surface area contributed by atoms with Gasteiger partial charge in [-0.15, -0.1) is 0 Å². The van der Waals surface area contributed by atoms with E-state index in [9.17, 15) is 22.8 Å². The predicted octanol–water partition coefficient (Wildman–Crippen LogP) is 8.99. The molecule has 0 aliphatic carbocycles. The first-order valence-electron chi connectivity index (χ1n) is 13.2. The number of ketones is 1. The number of aromatic nitrogens is 1. The van der Waals surface area contributed by atoms with Crippen LogP contribution in [0.5, 0.6) is 0 Å². The normalized spacial score (nSPS) is 11.8. The Bertz CT molecular complexity index is 1240. The van der Waals surface area contributed by atoms with Crippen molar-refractivity contribution in [3.05, 3.63) is 57.1 Å². The van der Waals surface area contributed by atoms with Crippen molar-refractivity contribution in [3.8, 4) is 11.5 Å². The van der Waals surface area contributed by atoms with Crippen LogP contribution >= 0.6 is 0 Å². The number of rotatable bonds is 4. The van der Waals surface area contributed by atoms with E-state index >= 15 is 0 Å². The molecular weight excluding hydrogens is 479 g/mol. The van der Waals surface area contributed by atoms with Gasteiger partial charge in [-0.2, -0.15) is 0 Å². The molecule has 3 aromatic rings. The summed E-state index contributed by atoms with van der Waals surface area (Å²) in [6, 6.07) is 5.81. The standard InChI is InChI=1S/C18H14FNO3.C6H12F2.C4H10.C2H6/c1-9-4-3-5-11-12-6-7-20-8-13(10(2)21)16(22)14(19)15(20)18(12)23-17(9)11;1-3-5-6(7,8)4-2;1-4(2)3;1-2/h3-5,8H,6-7H2,1-2H3;3-5H2,1-2H3;4H,1-3H3;1-2H3. The quantitative estimate of drug-likeness (QED) is 0.322. The largest absolute Gasteiger partial charge is 0.454 e. The number of alkyl halides is 2. The summed E-state index contributed by atoms with van der Waals surface area (Å²) in [5.74, 6) is -2.54. The van der Waals surface area contributed by atoms with E-state index < -0.39 is 23.0 Å². The van der Waals surface area contributed by atoms with Gasteiger partial charge in [0.1, 0.15) is 11.3 Å². The Labute approximate surface area is 218 Å². The molecule has 1 aliphatic rings. The molecule has 37 heavy (non-hydrogen) atoms. The van der Waals surface area contributed by atoms with Gasteiger partial charge in [0.05, 0.1) is 5.56 Å². The lowest BCUT2D eigenvalue weighted by Crippen LogP contribution is -2.24. The Morgan fingerprint density at radius 3 is 2.24 bits per heavy atom. The number of carbonyl (C=O) groups excluding carboxylic acids is 1. The van der Waals surface area contributed by atoms with Crippen molar-refractivity contribution in [2.45, 2.75) is 100 Å². The Morgan fingerprint density at radius 2 is 1.76 bits per heavy atom. The van der Waals surface area contributed by atoms with E-state index in [-0.39, 0.29) is 24.1 Å². The molecule has 1 aliphatic heterocycles. The molecule has 2 aromatic heterocycles. The number of fused-ring (bicyclic) bond motifs is 5. The Balaban J connectivity index is 0.000000410. The van der Waals surface area contributed by atoms with E-state index in [4.69, 9.17) is 4.42 Å². The molecule has 206 valence electrons. The molecule has 0 bridgehead atoms. The zero-order valence-corrected chi connectivity index (χ0v) is 23.7. The summed E-state index contributed by atoms with van der Waals surface area (Å²) in [4.78, 5) is 23.7. The average Bonchev–Trinajstić information content (AvgIpc) is 3.22. The SMILES string of the molecule is CC.CC(=O)c1cn2c(c(F)c1=O)-c1oc3c(C)cccc3c1CC2.CC(C)C.CCCC(F)(F)CC. The number of aryl methyl sites for hydroxylation is 3. The summed E-state index contributed by atoms with van der Waals surface area (Å²) in [5.41, 5.74) is 1.74. The number of nitrogens with zero attached hydrogens (tertiary/aromatic N) is 1. The third-order valence-corrected chi connectivity index (χ3v) is 5.57. The molecule has 0 fully saturated rings. The minimum Gasteiger partial charge on any atom is -0.454 e. The lowest BCUT2D eigenvalue weighted by molar-refractivity contribution is -0.0119. The zero-order valence-electron chi connectivity index (χ0n) is 23.7. The van der Waals surface area contributed by atoms with Gasteiger partial charge >= 0.3 is 0 Å². The van der Waals surface area contributed by atoms with Crippen molar-refractivity contribution in [1.29, 1.82) is 0 Å². The molecule has 3 heterocycles. The second kappa shape index (κ2) is 14.2. The van der Waals surface area contributed by atoms with Gasteiger partial charge < -0.3 is 8.98 Å². The van der Waals surface area contributed by atoms with Gasteiger partial charge in [0.25, 0.3) is 0 Å². The molecule has 0 N–H and O–H groups in total. The molecule has 0 spiro atoms. The summed E-state index contributed by atoms with van der Waals surface area (Å²) >= 11 is 0. The van der Waals surface area contributed by atoms with Gasteiger partial charge in [0, 0.05) is 36.5 Å². The van der Waals surface area contributed by atoms with Gasteiger partial charge in [-0.05, 0) is 31.7 Å². The number of hydrogen-bond donors (Lipinski definition) is 0. The fourth-order valence-corrected chi connectivity index (χ4v) is 3.81. The third kappa shape index (κ3) is 8.08. The molecule has 0 radical (unpaired) electrons. The highest BCUT2D eigenvalue weighted by atomic mass is 19.3. The molecule has 7 heteroatoms. The third-order valence-electron chi connectivity index (χ3n) is 5.57. The van der Waals surface area contributed by atoms with Crippen molar-refractivity contribution in [1.82, 2.24) is 4.57 Å². The van der Waals surface area contributed by atoms with Gasteiger partial charge in [-0.3, -0.25) is 9.59 Å². The van der Waals surface area contributed by atoms with E-state index in [1.807, 2.05) is 39.0 Å². The van der Waals surface area contributed by atoms with Crippen LogP contribution < -0.4 is 5.43 Å². The molecule has 0 atom stereocenters.